The van der Waals surface area contributed by atoms with Crippen LogP contribution in [0.25, 0.3) is 0 Å². The van der Waals surface area contributed by atoms with Crippen LogP contribution in [0.5, 0.6) is 0 Å². The maximum absolute atomic E-state index is 11.4. The Balaban J connectivity index is 2.05. The Labute approximate surface area is 71.9 Å². The number of Topliss-reactive ketones (excluding diaryl/α,β-unsaturated/α-hetero) is 1. The summed E-state index contributed by atoms with van der Waals surface area (Å²) in [6.07, 6.45) is 5.96. The van der Waals surface area contributed by atoms with Crippen LogP contribution in [0.4, 0.5) is 0 Å². The molecule has 0 aromatic heterocycles. The largest absolute Gasteiger partial charge is 0.298 e. The minimum Gasteiger partial charge on any atom is -0.298 e. The first-order valence-corrected chi connectivity index (χ1v) is 5.57. The fourth-order valence-electron chi connectivity index (χ4n) is 2.18. The van der Waals surface area contributed by atoms with E-state index in [1.807, 2.05) is 11.8 Å². The summed E-state index contributed by atoms with van der Waals surface area (Å²) in [6.45, 7) is 0. The van der Waals surface area contributed by atoms with Gasteiger partial charge in [-0.1, -0.05) is 0 Å². The number of rotatable bonds is 0. The molecule has 0 aromatic rings. The van der Waals surface area contributed by atoms with Crippen molar-refractivity contribution in [2.75, 3.05) is 5.75 Å². The van der Waals surface area contributed by atoms with E-state index in [0.29, 0.717) is 11.0 Å². The molecule has 0 radical (unpaired) electrons. The standard InChI is InChI=1S/C9H14OS/c10-8-5-1-3-7-4-2-6-11-9(7)8/h7,9H,1-6H2/t7-,9-/m1/s1. The van der Waals surface area contributed by atoms with Crippen LogP contribution in [0.3, 0.4) is 0 Å². The molecule has 0 amide bonds. The molecule has 0 spiro atoms. The summed E-state index contributed by atoms with van der Waals surface area (Å²) in [4.78, 5) is 11.4. The van der Waals surface area contributed by atoms with Crippen molar-refractivity contribution in [2.45, 2.75) is 37.4 Å². The highest BCUT2D eigenvalue weighted by Gasteiger charge is 2.33. The van der Waals surface area contributed by atoms with E-state index < -0.39 is 0 Å². The average molecular weight is 170 g/mol. The second-order valence-corrected chi connectivity index (χ2v) is 4.80. The van der Waals surface area contributed by atoms with Gasteiger partial charge in [-0.05, 0) is 37.4 Å². The molecule has 11 heavy (non-hydrogen) atoms. The molecule has 0 aromatic carbocycles. The van der Waals surface area contributed by atoms with Crippen molar-refractivity contribution in [2.24, 2.45) is 5.92 Å². The minimum absolute atomic E-state index is 0.400. The third kappa shape index (κ3) is 1.46. The predicted octanol–water partition coefficient (Wildman–Crippen LogP) is 2.25. The summed E-state index contributed by atoms with van der Waals surface area (Å²) in [5.74, 6) is 2.49. The van der Waals surface area contributed by atoms with Crippen LogP contribution < -0.4 is 0 Å². The number of hydrogen-bond acceptors (Lipinski definition) is 2. The van der Waals surface area contributed by atoms with Gasteiger partial charge in [-0.3, -0.25) is 4.79 Å². The second-order valence-electron chi connectivity index (χ2n) is 3.55. The van der Waals surface area contributed by atoms with Crippen molar-refractivity contribution in [3.05, 3.63) is 0 Å². The fourth-order valence-corrected chi connectivity index (χ4v) is 3.61. The summed E-state index contributed by atoms with van der Waals surface area (Å²) in [7, 11) is 0. The smallest absolute Gasteiger partial charge is 0.146 e. The van der Waals surface area contributed by atoms with E-state index in [2.05, 4.69) is 0 Å². The van der Waals surface area contributed by atoms with Crippen LogP contribution in [0.15, 0.2) is 0 Å². The van der Waals surface area contributed by atoms with Crippen LogP contribution >= 0.6 is 11.8 Å². The van der Waals surface area contributed by atoms with E-state index >= 15 is 0 Å². The van der Waals surface area contributed by atoms with Crippen molar-refractivity contribution in [3.63, 3.8) is 0 Å². The average Bonchev–Trinajstić information content (AvgIpc) is 2.06. The second kappa shape index (κ2) is 3.18. The zero-order valence-electron chi connectivity index (χ0n) is 6.71. The van der Waals surface area contributed by atoms with Crippen LogP contribution in [0.2, 0.25) is 0 Å². The van der Waals surface area contributed by atoms with Crippen LogP contribution in [-0.4, -0.2) is 16.8 Å². The molecule has 1 saturated heterocycles. The Hall–Kier alpha value is 0.0200. The molecule has 1 nitrogen and oxygen atoms in total. The topological polar surface area (TPSA) is 17.1 Å². The van der Waals surface area contributed by atoms with Gasteiger partial charge in [-0.2, -0.15) is 11.8 Å². The van der Waals surface area contributed by atoms with Gasteiger partial charge in [0.05, 0.1) is 5.25 Å². The van der Waals surface area contributed by atoms with Gasteiger partial charge in [-0.15, -0.1) is 0 Å². The molecule has 0 N–H and O–H groups in total. The first kappa shape index (κ1) is 7.66. The fraction of sp³-hybridized carbons (Fsp3) is 0.889. The molecule has 62 valence electrons. The molecule has 1 aliphatic carbocycles. The van der Waals surface area contributed by atoms with Crippen molar-refractivity contribution < 1.29 is 4.79 Å². The van der Waals surface area contributed by atoms with Crippen molar-refractivity contribution >= 4 is 17.5 Å². The molecule has 2 fully saturated rings. The highest BCUT2D eigenvalue weighted by Crippen LogP contribution is 2.38. The Bertz CT molecular complexity index is 165. The Morgan fingerprint density at radius 1 is 1.27 bits per heavy atom. The van der Waals surface area contributed by atoms with Gasteiger partial charge in [0.15, 0.2) is 0 Å². The van der Waals surface area contributed by atoms with E-state index in [1.54, 1.807) is 0 Å². The lowest BCUT2D eigenvalue weighted by molar-refractivity contribution is -0.121. The summed E-state index contributed by atoms with van der Waals surface area (Å²) < 4.78 is 0. The minimum atomic E-state index is 0.400. The van der Waals surface area contributed by atoms with Crippen LogP contribution in [0, 0.1) is 5.92 Å². The lowest BCUT2D eigenvalue weighted by Gasteiger charge is -2.33. The van der Waals surface area contributed by atoms with Gasteiger partial charge in [0.25, 0.3) is 0 Å². The molecule has 0 unspecified atom stereocenters. The first-order chi connectivity index (χ1) is 5.38. The highest BCUT2D eigenvalue weighted by molar-refractivity contribution is 8.00. The quantitative estimate of drug-likeness (QED) is 0.554. The summed E-state index contributed by atoms with van der Waals surface area (Å²) in [5.41, 5.74) is 0. The number of hydrogen-bond donors (Lipinski definition) is 0. The molecule has 2 rings (SSSR count). The normalized spacial score (nSPS) is 38.4. The predicted molar refractivity (Wildman–Crippen MR) is 47.8 cm³/mol. The van der Waals surface area contributed by atoms with Gasteiger partial charge in [0, 0.05) is 6.42 Å². The zero-order valence-corrected chi connectivity index (χ0v) is 7.53. The summed E-state index contributed by atoms with van der Waals surface area (Å²) >= 11 is 1.91. The maximum atomic E-state index is 11.4. The van der Waals surface area contributed by atoms with Gasteiger partial charge >= 0.3 is 0 Å². The molecule has 1 heterocycles. The number of thioether (sulfide) groups is 1. The van der Waals surface area contributed by atoms with Crippen molar-refractivity contribution in [1.29, 1.82) is 0 Å². The molecular formula is C9H14OS. The van der Waals surface area contributed by atoms with Gasteiger partial charge in [0.1, 0.15) is 5.78 Å². The number of fused-ring (bicyclic) bond motifs is 1. The first-order valence-electron chi connectivity index (χ1n) is 4.52. The monoisotopic (exact) mass is 170 g/mol. The number of ketones is 1. The van der Waals surface area contributed by atoms with E-state index in [9.17, 15) is 4.79 Å². The SMILES string of the molecule is O=C1CCC[C@@H]2CCCS[C@@H]12. The van der Waals surface area contributed by atoms with Crippen LogP contribution in [0.1, 0.15) is 32.1 Å². The highest BCUT2D eigenvalue weighted by atomic mass is 32.2. The van der Waals surface area contributed by atoms with Gasteiger partial charge in [0.2, 0.25) is 0 Å². The van der Waals surface area contributed by atoms with E-state index in [4.69, 9.17) is 0 Å². The third-order valence-electron chi connectivity index (χ3n) is 2.76. The Morgan fingerprint density at radius 3 is 2.91 bits per heavy atom. The van der Waals surface area contributed by atoms with E-state index in [1.165, 1.54) is 25.0 Å². The molecule has 2 atom stereocenters. The summed E-state index contributed by atoms with van der Waals surface area (Å²) in [5, 5.41) is 0.400. The van der Waals surface area contributed by atoms with Gasteiger partial charge < -0.3 is 0 Å². The van der Waals surface area contributed by atoms with Crippen LogP contribution in [-0.2, 0) is 4.79 Å². The molecule has 2 heteroatoms. The molecule has 0 bridgehead atoms. The lowest BCUT2D eigenvalue weighted by Crippen LogP contribution is -2.33. The van der Waals surface area contributed by atoms with Crippen molar-refractivity contribution in [1.82, 2.24) is 0 Å². The van der Waals surface area contributed by atoms with E-state index in [0.717, 1.165) is 18.8 Å². The Morgan fingerprint density at radius 2 is 2.09 bits per heavy atom. The number of carbonyl (C=O) groups is 1. The third-order valence-corrected chi connectivity index (χ3v) is 4.29. The van der Waals surface area contributed by atoms with E-state index in [-0.39, 0.29) is 0 Å². The summed E-state index contributed by atoms with van der Waals surface area (Å²) in [6, 6.07) is 0. The maximum Gasteiger partial charge on any atom is 0.146 e. The van der Waals surface area contributed by atoms with Gasteiger partial charge in [-0.25, -0.2) is 0 Å². The van der Waals surface area contributed by atoms with Crippen molar-refractivity contribution in [3.8, 4) is 0 Å². The Kier molecular flexibility index (Phi) is 2.21. The lowest BCUT2D eigenvalue weighted by atomic mass is 9.84. The molecule has 1 aliphatic heterocycles. The molecule has 1 saturated carbocycles. The number of carbonyl (C=O) groups excluding carboxylic acids is 1. The molecular weight excluding hydrogens is 156 g/mol. The zero-order chi connectivity index (χ0) is 7.68. The molecule has 2 aliphatic rings.